The Hall–Kier alpha value is -0.870. The Balaban J connectivity index is 1.99. The fourth-order valence-corrected chi connectivity index (χ4v) is 4.38. The largest absolute Gasteiger partial charge is 0.461 e. The van der Waals surface area contributed by atoms with Gasteiger partial charge in [-0.3, -0.25) is 4.79 Å². The lowest BCUT2D eigenvalue weighted by atomic mass is 9.77. The van der Waals surface area contributed by atoms with Gasteiger partial charge in [0.1, 0.15) is 6.10 Å². The highest BCUT2D eigenvalue weighted by Crippen LogP contribution is 2.53. The Morgan fingerprint density at radius 1 is 1.47 bits per heavy atom. The SMILES string of the molecule is C=C1CCC2C1C1OC(=O)C(C)C1CCC2(O)CO. The van der Waals surface area contributed by atoms with Crippen LogP contribution in [0, 0.1) is 23.7 Å². The smallest absolute Gasteiger partial charge is 0.309 e. The average Bonchev–Trinajstić information content (AvgIpc) is 2.86. The van der Waals surface area contributed by atoms with Gasteiger partial charge in [0.2, 0.25) is 0 Å². The maximum absolute atomic E-state index is 11.8. The van der Waals surface area contributed by atoms with Crippen molar-refractivity contribution in [1.82, 2.24) is 0 Å². The fourth-order valence-electron chi connectivity index (χ4n) is 4.38. The molecule has 0 aromatic carbocycles. The first-order valence-electron chi connectivity index (χ1n) is 7.19. The van der Waals surface area contributed by atoms with E-state index >= 15 is 0 Å². The molecule has 2 saturated carbocycles. The minimum absolute atomic E-state index is 0.0125. The quantitative estimate of drug-likeness (QED) is 0.554. The van der Waals surface area contributed by atoms with Crippen LogP contribution < -0.4 is 0 Å². The molecule has 0 radical (unpaired) electrons. The van der Waals surface area contributed by atoms with Crippen LogP contribution in [0.3, 0.4) is 0 Å². The molecule has 1 heterocycles. The van der Waals surface area contributed by atoms with E-state index in [0.717, 1.165) is 24.8 Å². The molecule has 3 rings (SSSR count). The van der Waals surface area contributed by atoms with Gasteiger partial charge >= 0.3 is 5.97 Å². The summed E-state index contributed by atoms with van der Waals surface area (Å²) in [6.07, 6.45) is 2.81. The molecule has 0 aromatic heterocycles. The number of aliphatic hydroxyl groups excluding tert-OH is 1. The van der Waals surface area contributed by atoms with E-state index in [-0.39, 0.29) is 42.4 Å². The van der Waals surface area contributed by atoms with Gasteiger partial charge in [0.25, 0.3) is 0 Å². The van der Waals surface area contributed by atoms with Crippen LogP contribution in [0.1, 0.15) is 32.6 Å². The van der Waals surface area contributed by atoms with E-state index in [4.69, 9.17) is 4.74 Å². The topological polar surface area (TPSA) is 66.8 Å². The van der Waals surface area contributed by atoms with Crippen molar-refractivity contribution in [3.8, 4) is 0 Å². The zero-order valence-electron chi connectivity index (χ0n) is 11.3. The van der Waals surface area contributed by atoms with Crippen LogP contribution in [-0.4, -0.2) is 34.5 Å². The van der Waals surface area contributed by atoms with Gasteiger partial charge in [-0.15, -0.1) is 0 Å². The molecule has 19 heavy (non-hydrogen) atoms. The first kappa shape index (κ1) is 13.1. The second-order valence-electron chi connectivity index (χ2n) is 6.48. The van der Waals surface area contributed by atoms with Gasteiger partial charge in [-0.2, -0.15) is 0 Å². The Morgan fingerprint density at radius 2 is 2.21 bits per heavy atom. The van der Waals surface area contributed by atoms with E-state index in [0.29, 0.717) is 6.42 Å². The van der Waals surface area contributed by atoms with E-state index in [1.807, 2.05) is 6.92 Å². The molecule has 2 N–H and O–H groups in total. The number of esters is 1. The predicted octanol–water partition coefficient (Wildman–Crippen LogP) is 1.26. The van der Waals surface area contributed by atoms with Crippen LogP contribution in [-0.2, 0) is 9.53 Å². The van der Waals surface area contributed by atoms with Crippen molar-refractivity contribution in [1.29, 1.82) is 0 Å². The molecule has 1 saturated heterocycles. The van der Waals surface area contributed by atoms with E-state index in [1.165, 1.54) is 0 Å². The highest BCUT2D eigenvalue weighted by atomic mass is 16.6. The second kappa shape index (κ2) is 4.32. The molecule has 0 spiro atoms. The third-order valence-corrected chi connectivity index (χ3v) is 5.60. The van der Waals surface area contributed by atoms with Gasteiger partial charge in [-0.25, -0.2) is 0 Å². The molecular weight excluding hydrogens is 244 g/mol. The average molecular weight is 266 g/mol. The Bertz CT molecular complexity index is 418. The number of carbonyl (C=O) groups is 1. The highest BCUT2D eigenvalue weighted by Gasteiger charge is 2.57. The lowest BCUT2D eigenvalue weighted by Gasteiger charge is -2.35. The van der Waals surface area contributed by atoms with Crippen LogP contribution in [0.15, 0.2) is 12.2 Å². The van der Waals surface area contributed by atoms with Gasteiger partial charge < -0.3 is 14.9 Å². The zero-order valence-corrected chi connectivity index (χ0v) is 11.3. The van der Waals surface area contributed by atoms with Crippen molar-refractivity contribution in [2.24, 2.45) is 23.7 Å². The number of fused-ring (bicyclic) bond motifs is 3. The number of hydrogen-bond acceptors (Lipinski definition) is 4. The van der Waals surface area contributed by atoms with Crippen LogP contribution in [0.4, 0.5) is 0 Å². The summed E-state index contributed by atoms with van der Waals surface area (Å²) >= 11 is 0. The molecule has 2 aliphatic carbocycles. The van der Waals surface area contributed by atoms with Gasteiger partial charge in [0, 0.05) is 17.8 Å². The number of carbonyl (C=O) groups excluding carboxylic acids is 1. The molecule has 0 aromatic rings. The van der Waals surface area contributed by atoms with Crippen molar-refractivity contribution < 1.29 is 19.7 Å². The van der Waals surface area contributed by atoms with Crippen molar-refractivity contribution in [3.05, 3.63) is 12.2 Å². The van der Waals surface area contributed by atoms with Crippen molar-refractivity contribution >= 4 is 5.97 Å². The van der Waals surface area contributed by atoms with E-state index in [9.17, 15) is 15.0 Å². The summed E-state index contributed by atoms with van der Waals surface area (Å²) in [7, 11) is 0. The molecule has 106 valence electrons. The van der Waals surface area contributed by atoms with E-state index < -0.39 is 5.60 Å². The standard InChI is InChI=1S/C15H22O4/c1-8-3-4-11-12(8)13-10(9(2)14(17)19-13)5-6-15(11,18)7-16/h9-13,16,18H,1,3-7H2,2H3. The third kappa shape index (κ3) is 1.77. The monoisotopic (exact) mass is 266 g/mol. The molecule has 6 atom stereocenters. The number of rotatable bonds is 1. The molecule has 4 nitrogen and oxygen atoms in total. The molecule has 6 unspecified atom stereocenters. The van der Waals surface area contributed by atoms with Gasteiger partial charge in [-0.1, -0.05) is 19.1 Å². The number of aliphatic hydroxyl groups is 2. The van der Waals surface area contributed by atoms with E-state index in [2.05, 4.69) is 6.58 Å². The summed E-state index contributed by atoms with van der Waals surface area (Å²) in [5.74, 6) is -0.102. The lowest BCUT2D eigenvalue weighted by molar-refractivity contribution is -0.147. The Kier molecular flexibility index (Phi) is 2.98. The second-order valence-corrected chi connectivity index (χ2v) is 6.48. The summed E-state index contributed by atoms with van der Waals surface area (Å²) in [4.78, 5) is 11.8. The number of ether oxygens (including phenoxy) is 1. The van der Waals surface area contributed by atoms with Crippen LogP contribution in [0.5, 0.6) is 0 Å². The highest BCUT2D eigenvalue weighted by molar-refractivity contribution is 5.75. The molecule has 0 amide bonds. The van der Waals surface area contributed by atoms with Crippen molar-refractivity contribution in [2.45, 2.75) is 44.3 Å². The molecule has 0 bridgehead atoms. The molecule has 4 heteroatoms. The molecule has 3 fully saturated rings. The summed E-state index contributed by atoms with van der Waals surface area (Å²) < 4.78 is 5.59. The van der Waals surface area contributed by atoms with Gasteiger partial charge in [0.15, 0.2) is 0 Å². The minimum atomic E-state index is -1.04. The normalized spacial score (nSPS) is 49.5. The first-order valence-corrected chi connectivity index (χ1v) is 7.19. The Labute approximate surface area is 113 Å². The first-order chi connectivity index (χ1) is 8.98. The molecule has 1 aliphatic heterocycles. The van der Waals surface area contributed by atoms with Crippen molar-refractivity contribution in [2.75, 3.05) is 6.61 Å². The molecule has 3 aliphatic rings. The fraction of sp³-hybridized carbons (Fsp3) is 0.800. The summed E-state index contributed by atoms with van der Waals surface area (Å²) in [6.45, 7) is 5.79. The van der Waals surface area contributed by atoms with Gasteiger partial charge in [0.05, 0.1) is 18.1 Å². The summed E-state index contributed by atoms with van der Waals surface area (Å²) in [5.41, 5.74) is 0.0243. The van der Waals surface area contributed by atoms with E-state index in [1.54, 1.807) is 0 Å². The predicted molar refractivity (Wildman–Crippen MR) is 69.2 cm³/mol. The van der Waals surface area contributed by atoms with Crippen LogP contribution in [0.25, 0.3) is 0 Å². The van der Waals surface area contributed by atoms with Gasteiger partial charge in [-0.05, 0) is 25.7 Å². The number of hydrogen-bond donors (Lipinski definition) is 2. The zero-order chi connectivity index (χ0) is 13.8. The minimum Gasteiger partial charge on any atom is -0.461 e. The summed E-state index contributed by atoms with van der Waals surface area (Å²) in [5, 5.41) is 20.3. The third-order valence-electron chi connectivity index (χ3n) is 5.60. The van der Waals surface area contributed by atoms with Crippen LogP contribution in [0.2, 0.25) is 0 Å². The maximum Gasteiger partial charge on any atom is 0.309 e. The lowest BCUT2D eigenvalue weighted by Crippen LogP contribution is -2.44. The van der Waals surface area contributed by atoms with Crippen LogP contribution >= 0.6 is 0 Å². The van der Waals surface area contributed by atoms with Crippen molar-refractivity contribution in [3.63, 3.8) is 0 Å². The maximum atomic E-state index is 11.8. The summed E-state index contributed by atoms with van der Waals surface area (Å²) in [6, 6.07) is 0. The molecular formula is C15H22O4. The Morgan fingerprint density at radius 3 is 2.89 bits per heavy atom.